The molecule has 15 heavy (non-hydrogen) atoms. The normalized spacial score (nSPS) is 10.5. The Morgan fingerprint density at radius 2 is 2.27 bits per heavy atom. The summed E-state index contributed by atoms with van der Waals surface area (Å²) in [7, 11) is 1.12. The van der Waals surface area contributed by atoms with Gasteiger partial charge in [-0.05, 0) is 22.0 Å². The van der Waals surface area contributed by atoms with Gasteiger partial charge >= 0.3 is 5.69 Å². The van der Waals surface area contributed by atoms with Crippen LogP contribution in [0.25, 0.3) is 0 Å². The van der Waals surface area contributed by atoms with Gasteiger partial charge in [0, 0.05) is 0 Å². The summed E-state index contributed by atoms with van der Waals surface area (Å²) in [5.41, 5.74) is -1.53. The van der Waals surface area contributed by atoms with Gasteiger partial charge in [0.2, 0.25) is 0 Å². The Labute approximate surface area is 91.3 Å². The van der Waals surface area contributed by atoms with Crippen molar-refractivity contribution in [2.24, 2.45) is 0 Å². The lowest BCUT2D eigenvalue weighted by molar-refractivity contribution is -0.387. The number of nitrogens with zero attached hydrogens (tertiary/aromatic N) is 2. The van der Waals surface area contributed by atoms with Gasteiger partial charge in [-0.3, -0.25) is 10.1 Å². The van der Waals surface area contributed by atoms with Crippen molar-refractivity contribution >= 4 is 21.6 Å². The molecule has 0 fully saturated rings. The van der Waals surface area contributed by atoms with Crippen LogP contribution in [0.2, 0.25) is 0 Å². The van der Waals surface area contributed by atoms with E-state index in [-0.39, 0.29) is 4.60 Å². The number of methoxy groups -OCH3 is 1. The van der Waals surface area contributed by atoms with Crippen molar-refractivity contribution in [1.82, 2.24) is 4.98 Å². The Morgan fingerprint density at radius 3 is 2.67 bits per heavy atom. The predicted octanol–water partition coefficient (Wildman–Crippen LogP) is 2.70. The minimum atomic E-state index is -2.96. The second kappa shape index (κ2) is 4.47. The topological polar surface area (TPSA) is 65.3 Å². The van der Waals surface area contributed by atoms with Gasteiger partial charge in [0.25, 0.3) is 12.3 Å². The summed E-state index contributed by atoms with van der Waals surface area (Å²) in [4.78, 5) is 13.2. The Bertz CT molecular complexity index is 400. The minimum absolute atomic E-state index is 0.0558. The van der Waals surface area contributed by atoms with Crippen molar-refractivity contribution in [1.29, 1.82) is 0 Å². The molecule has 0 saturated carbocycles. The van der Waals surface area contributed by atoms with E-state index < -0.39 is 28.5 Å². The third kappa shape index (κ3) is 2.38. The Kier molecular flexibility index (Phi) is 3.51. The molecule has 1 rings (SSSR count). The van der Waals surface area contributed by atoms with Crippen LogP contribution in [0.5, 0.6) is 5.88 Å². The van der Waals surface area contributed by atoms with Crippen molar-refractivity contribution in [2.45, 2.75) is 6.43 Å². The van der Waals surface area contributed by atoms with E-state index in [1.54, 1.807) is 0 Å². The number of hydrogen-bond donors (Lipinski definition) is 0. The molecule has 0 atom stereocenters. The van der Waals surface area contributed by atoms with E-state index >= 15 is 0 Å². The van der Waals surface area contributed by atoms with Gasteiger partial charge in [-0.25, -0.2) is 13.8 Å². The molecular weight excluding hydrogens is 278 g/mol. The number of hydrogen-bond acceptors (Lipinski definition) is 4. The smallest absolute Gasteiger partial charge is 0.339 e. The molecule has 1 aromatic rings. The predicted molar refractivity (Wildman–Crippen MR) is 50.1 cm³/mol. The first-order valence-electron chi connectivity index (χ1n) is 3.64. The van der Waals surface area contributed by atoms with Crippen LogP contribution in [0, 0.1) is 10.1 Å². The molecule has 5 nitrogen and oxygen atoms in total. The maximum absolute atomic E-state index is 12.5. The number of nitro groups is 1. The molecular formula is C7H5BrF2N2O3. The zero-order valence-electron chi connectivity index (χ0n) is 7.41. The lowest BCUT2D eigenvalue weighted by atomic mass is 10.2. The van der Waals surface area contributed by atoms with Crippen LogP contribution in [0.4, 0.5) is 14.5 Å². The molecule has 0 aromatic carbocycles. The summed E-state index contributed by atoms with van der Waals surface area (Å²) in [6, 6.07) is 0.894. The van der Waals surface area contributed by atoms with E-state index in [9.17, 15) is 18.9 Å². The lowest BCUT2D eigenvalue weighted by Gasteiger charge is -2.05. The van der Waals surface area contributed by atoms with Gasteiger partial charge in [0.1, 0.15) is 10.2 Å². The lowest BCUT2D eigenvalue weighted by Crippen LogP contribution is -2.02. The van der Waals surface area contributed by atoms with Gasteiger partial charge in [-0.2, -0.15) is 0 Å². The molecule has 1 heterocycles. The largest absolute Gasteiger partial charge is 0.476 e. The van der Waals surface area contributed by atoms with Crippen LogP contribution >= 0.6 is 15.9 Å². The maximum Gasteiger partial charge on any atom is 0.339 e. The highest BCUT2D eigenvalue weighted by molar-refractivity contribution is 9.10. The molecule has 82 valence electrons. The van der Waals surface area contributed by atoms with Crippen LogP contribution in [0.3, 0.4) is 0 Å². The summed E-state index contributed by atoms with van der Waals surface area (Å²) in [5, 5.41) is 10.6. The summed E-state index contributed by atoms with van der Waals surface area (Å²) >= 11 is 2.86. The maximum atomic E-state index is 12.5. The number of ether oxygens (including phenoxy) is 1. The molecule has 0 bridgehead atoms. The molecule has 1 aromatic heterocycles. The molecule has 8 heteroatoms. The summed E-state index contributed by atoms with van der Waals surface area (Å²) in [5.74, 6) is -0.440. The second-order valence-electron chi connectivity index (χ2n) is 2.45. The molecule has 0 aliphatic rings. The molecule has 0 N–H and O–H groups in total. The van der Waals surface area contributed by atoms with E-state index in [0.717, 1.165) is 13.2 Å². The minimum Gasteiger partial charge on any atom is -0.476 e. The van der Waals surface area contributed by atoms with Crippen LogP contribution in [0.1, 0.15) is 12.0 Å². The van der Waals surface area contributed by atoms with Crippen LogP contribution in [-0.4, -0.2) is 17.0 Å². The quantitative estimate of drug-likeness (QED) is 0.486. The highest BCUT2D eigenvalue weighted by Gasteiger charge is 2.28. The van der Waals surface area contributed by atoms with Gasteiger partial charge in [0.15, 0.2) is 0 Å². The Morgan fingerprint density at radius 1 is 1.67 bits per heavy atom. The molecule has 0 aliphatic heterocycles. The fourth-order valence-corrected chi connectivity index (χ4v) is 1.40. The average molecular weight is 283 g/mol. The van der Waals surface area contributed by atoms with Crippen molar-refractivity contribution in [3.05, 3.63) is 26.3 Å². The third-order valence-electron chi connectivity index (χ3n) is 1.57. The van der Waals surface area contributed by atoms with Crippen LogP contribution < -0.4 is 4.74 Å². The number of aromatic nitrogens is 1. The Hall–Kier alpha value is -1.31. The first-order chi connectivity index (χ1) is 6.97. The van der Waals surface area contributed by atoms with Crippen molar-refractivity contribution in [3.8, 4) is 5.88 Å². The zero-order chi connectivity index (χ0) is 11.6. The molecule has 0 amide bonds. The van der Waals surface area contributed by atoms with E-state index in [1.165, 1.54) is 0 Å². The molecule has 0 aliphatic carbocycles. The number of rotatable bonds is 3. The average Bonchev–Trinajstić information content (AvgIpc) is 2.15. The molecule has 0 unspecified atom stereocenters. The monoisotopic (exact) mass is 282 g/mol. The van der Waals surface area contributed by atoms with Gasteiger partial charge < -0.3 is 4.74 Å². The SMILES string of the molecule is COc1nc(Br)cc(C(F)F)c1[N+](=O)[O-]. The van der Waals surface area contributed by atoms with E-state index in [0.29, 0.717) is 0 Å². The third-order valence-corrected chi connectivity index (χ3v) is 1.98. The summed E-state index contributed by atoms with van der Waals surface area (Å²) < 4.78 is 29.6. The van der Waals surface area contributed by atoms with Crippen molar-refractivity contribution in [3.63, 3.8) is 0 Å². The second-order valence-corrected chi connectivity index (χ2v) is 3.26. The number of halogens is 3. The Balaban J connectivity index is 3.47. The summed E-state index contributed by atoms with van der Waals surface area (Å²) in [6.07, 6.45) is -2.96. The first kappa shape index (κ1) is 11.8. The van der Waals surface area contributed by atoms with E-state index in [4.69, 9.17) is 0 Å². The molecule has 0 radical (unpaired) electrons. The van der Waals surface area contributed by atoms with Gasteiger partial charge in [-0.1, -0.05) is 0 Å². The first-order valence-corrected chi connectivity index (χ1v) is 4.43. The zero-order valence-corrected chi connectivity index (χ0v) is 8.99. The van der Waals surface area contributed by atoms with Crippen LogP contribution in [-0.2, 0) is 0 Å². The highest BCUT2D eigenvalue weighted by Crippen LogP contribution is 2.36. The fourth-order valence-electron chi connectivity index (χ4n) is 0.995. The molecule has 0 spiro atoms. The standard InChI is InChI=1S/C7H5BrF2N2O3/c1-15-7-5(12(13)14)3(6(9)10)2-4(8)11-7/h2,6H,1H3. The number of pyridine rings is 1. The fraction of sp³-hybridized carbons (Fsp3) is 0.286. The van der Waals surface area contributed by atoms with Crippen LogP contribution in [0.15, 0.2) is 10.7 Å². The van der Waals surface area contributed by atoms with Gasteiger partial charge in [-0.15, -0.1) is 0 Å². The molecule has 0 saturated heterocycles. The highest BCUT2D eigenvalue weighted by atomic mass is 79.9. The van der Waals surface area contributed by atoms with Gasteiger partial charge in [0.05, 0.1) is 12.0 Å². The van der Waals surface area contributed by atoms with E-state index in [2.05, 4.69) is 25.7 Å². The van der Waals surface area contributed by atoms with Crippen molar-refractivity contribution in [2.75, 3.05) is 7.11 Å². The van der Waals surface area contributed by atoms with E-state index in [1.807, 2.05) is 0 Å². The summed E-state index contributed by atoms with van der Waals surface area (Å²) in [6.45, 7) is 0. The van der Waals surface area contributed by atoms with Crippen molar-refractivity contribution < 1.29 is 18.4 Å². The number of alkyl halides is 2.